The molecule has 0 unspecified atom stereocenters. The van der Waals surface area contributed by atoms with Crippen LogP contribution in [-0.2, 0) is 32.0 Å². The average Bonchev–Trinajstić information content (AvgIpc) is 3.22. The molecule has 138 valence electrons. The van der Waals surface area contributed by atoms with E-state index < -0.39 is 0 Å². The van der Waals surface area contributed by atoms with Crippen molar-refractivity contribution in [2.75, 3.05) is 9.80 Å². The van der Waals surface area contributed by atoms with E-state index in [9.17, 15) is 19.2 Å². The second-order valence-electron chi connectivity index (χ2n) is 6.52. The largest absolute Gasteiger partial charge is 0.269 e. The lowest BCUT2D eigenvalue weighted by molar-refractivity contribution is -0.121. The van der Waals surface area contributed by atoms with Crippen molar-refractivity contribution >= 4 is 35.0 Å². The van der Waals surface area contributed by atoms with Gasteiger partial charge in [0.25, 0.3) is 23.6 Å². The lowest BCUT2D eigenvalue weighted by atomic mass is 10.0. The molecule has 2 heterocycles. The maximum atomic E-state index is 11.7. The van der Waals surface area contributed by atoms with Crippen molar-refractivity contribution in [1.82, 2.24) is 0 Å². The lowest BCUT2D eigenvalue weighted by Crippen LogP contribution is -2.29. The van der Waals surface area contributed by atoms with Gasteiger partial charge in [-0.25, -0.2) is 9.80 Å². The normalized spacial score (nSPS) is 16.0. The van der Waals surface area contributed by atoms with Crippen LogP contribution in [0, 0.1) is 0 Å². The summed E-state index contributed by atoms with van der Waals surface area (Å²) in [5.41, 5.74) is 3.27. The fraction of sp³-hybridized carbons (Fsp3) is 0.0909. The minimum absolute atomic E-state index is 0.331. The molecule has 0 spiro atoms. The van der Waals surface area contributed by atoms with E-state index >= 15 is 0 Å². The first kappa shape index (κ1) is 17.6. The number of amides is 4. The summed E-state index contributed by atoms with van der Waals surface area (Å²) in [6, 6.07) is 14.6. The van der Waals surface area contributed by atoms with E-state index in [0.29, 0.717) is 11.4 Å². The van der Waals surface area contributed by atoms with Gasteiger partial charge in [0, 0.05) is 24.3 Å². The Labute approximate surface area is 161 Å². The van der Waals surface area contributed by atoms with Crippen LogP contribution in [-0.4, -0.2) is 23.6 Å². The SMILES string of the molecule is O=C1C=CC(=O)N1c1ccc(CCc2ccc(N3C(=O)C=CC3=O)cc2)cc1. The van der Waals surface area contributed by atoms with Gasteiger partial charge in [0.1, 0.15) is 0 Å². The van der Waals surface area contributed by atoms with Crippen LogP contribution in [0.3, 0.4) is 0 Å². The van der Waals surface area contributed by atoms with E-state index in [1.807, 2.05) is 24.3 Å². The summed E-state index contributed by atoms with van der Waals surface area (Å²) in [6.45, 7) is 0. The van der Waals surface area contributed by atoms with Gasteiger partial charge < -0.3 is 0 Å². The molecule has 2 aliphatic rings. The van der Waals surface area contributed by atoms with Gasteiger partial charge in [-0.2, -0.15) is 0 Å². The molecule has 2 aliphatic heterocycles. The van der Waals surface area contributed by atoms with Gasteiger partial charge >= 0.3 is 0 Å². The average molecular weight is 372 g/mol. The molecular formula is C22H16N2O4. The van der Waals surface area contributed by atoms with Gasteiger partial charge in [-0.1, -0.05) is 24.3 Å². The van der Waals surface area contributed by atoms with Crippen molar-refractivity contribution in [1.29, 1.82) is 0 Å². The molecule has 0 atom stereocenters. The van der Waals surface area contributed by atoms with Gasteiger partial charge in [0.2, 0.25) is 0 Å². The van der Waals surface area contributed by atoms with Crippen molar-refractivity contribution in [2.45, 2.75) is 12.8 Å². The summed E-state index contributed by atoms with van der Waals surface area (Å²) < 4.78 is 0. The number of rotatable bonds is 5. The van der Waals surface area contributed by atoms with Crippen LogP contribution >= 0.6 is 0 Å². The molecule has 0 N–H and O–H groups in total. The van der Waals surface area contributed by atoms with Crippen molar-refractivity contribution in [3.63, 3.8) is 0 Å². The molecule has 0 aromatic heterocycles. The van der Waals surface area contributed by atoms with Crippen LogP contribution in [0.4, 0.5) is 11.4 Å². The second-order valence-corrected chi connectivity index (χ2v) is 6.52. The highest BCUT2D eigenvalue weighted by molar-refractivity contribution is 6.28. The Hall–Kier alpha value is -3.80. The third-order valence-electron chi connectivity index (χ3n) is 4.71. The number of imide groups is 2. The fourth-order valence-corrected chi connectivity index (χ4v) is 3.22. The molecule has 0 saturated heterocycles. The molecule has 0 bridgehead atoms. The van der Waals surface area contributed by atoms with E-state index in [4.69, 9.17) is 0 Å². The summed E-state index contributed by atoms with van der Waals surface area (Å²) in [5, 5.41) is 0. The highest BCUT2D eigenvalue weighted by Crippen LogP contribution is 2.22. The van der Waals surface area contributed by atoms with Crippen LogP contribution in [0.25, 0.3) is 0 Å². The zero-order valence-electron chi connectivity index (χ0n) is 14.9. The summed E-state index contributed by atoms with van der Waals surface area (Å²) >= 11 is 0. The zero-order chi connectivity index (χ0) is 19.7. The number of carbonyl (C=O) groups excluding carboxylic acids is 4. The van der Waals surface area contributed by atoms with Crippen LogP contribution in [0.1, 0.15) is 11.1 Å². The molecule has 0 aliphatic carbocycles. The molecule has 6 nitrogen and oxygen atoms in total. The number of aryl methyl sites for hydroxylation is 2. The van der Waals surface area contributed by atoms with Gasteiger partial charge in [0.15, 0.2) is 0 Å². The highest BCUT2D eigenvalue weighted by atomic mass is 16.2. The van der Waals surface area contributed by atoms with E-state index in [1.54, 1.807) is 24.3 Å². The van der Waals surface area contributed by atoms with Crippen LogP contribution in [0.5, 0.6) is 0 Å². The van der Waals surface area contributed by atoms with Crippen LogP contribution in [0.15, 0.2) is 72.8 Å². The van der Waals surface area contributed by atoms with Gasteiger partial charge in [-0.05, 0) is 48.2 Å². The van der Waals surface area contributed by atoms with E-state index in [-0.39, 0.29) is 23.6 Å². The predicted octanol–water partition coefficient (Wildman–Crippen LogP) is 2.33. The number of hydrogen-bond donors (Lipinski definition) is 0. The van der Waals surface area contributed by atoms with E-state index in [1.165, 1.54) is 24.3 Å². The number of carbonyl (C=O) groups is 4. The molecule has 2 aromatic rings. The molecule has 28 heavy (non-hydrogen) atoms. The van der Waals surface area contributed by atoms with Crippen LogP contribution < -0.4 is 9.80 Å². The van der Waals surface area contributed by atoms with Gasteiger partial charge in [-0.15, -0.1) is 0 Å². The molecule has 2 aromatic carbocycles. The Morgan fingerprint density at radius 3 is 1.04 bits per heavy atom. The third-order valence-corrected chi connectivity index (χ3v) is 4.71. The molecule has 0 saturated carbocycles. The molecule has 0 fully saturated rings. The lowest BCUT2D eigenvalue weighted by Gasteiger charge is -2.15. The quantitative estimate of drug-likeness (QED) is 0.755. The monoisotopic (exact) mass is 372 g/mol. The van der Waals surface area contributed by atoms with Crippen molar-refractivity contribution in [3.8, 4) is 0 Å². The Kier molecular flexibility index (Phi) is 4.45. The number of hydrogen-bond acceptors (Lipinski definition) is 4. The Morgan fingerprint density at radius 2 is 0.750 bits per heavy atom. The number of benzene rings is 2. The second kappa shape index (κ2) is 7.08. The summed E-state index contributed by atoms with van der Waals surface area (Å²) in [7, 11) is 0. The summed E-state index contributed by atoms with van der Waals surface area (Å²) in [6.07, 6.45) is 6.61. The Balaban J connectivity index is 1.38. The Morgan fingerprint density at radius 1 is 0.464 bits per heavy atom. The minimum Gasteiger partial charge on any atom is -0.269 e. The summed E-state index contributed by atoms with van der Waals surface area (Å²) in [4.78, 5) is 49.1. The standard InChI is InChI=1S/C22H16N2O4/c25-19-11-12-20(26)23(19)17-7-3-15(4-8-17)1-2-16-5-9-18(10-6-16)24-21(27)13-14-22(24)28/h3-14H,1-2H2. The van der Waals surface area contributed by atoms with E-state index in [0.717, 1.165) is 33.8 Å². The Bertz CT molecular complexity index is 912. The molecule has 4 amide bonds. The van der Waals surface area contributed by atoms with E-state index in [2.05, 4.69) is 0 Å². The topological polar surface area (TPSA) is 74.8 Å². The minimum atomic E-state index is -0.331. The predicted molar refractivity (Wildman–Crippen MR) is 104 cm³/mol. The molecule has 6 heteroatoms. The third kappa shape index (κ3) is 3.27. The smallest absolute Gasteiger partial charge is 0.258 e. The van der Waals surface area contributed by atoms with Crippen molar-refractivity contribution < 1.29 is 19.2 Å². The summed E-state index contributed by atoms with van der Waals surface area (Å²) in [5.74, 6) is -1.32. The molecule has 0 radical (unpaired) electrons. The molecule has 4 rings (SSSR count). The van der Waals surface area contributed by atoms with Crippen molar-refractivity contribution in [2.24, 2.45) is 0 Å². The molecular weight excluding hydrogens is 356 g/mol. The van der Waals surface area contributed by atoms with Gasteiger partial charge in [-0.3, -0.25) is 19.2 Å². The maximum absolute atomic E-state index is 11.7. The first-order valence-corrected chi connectivity index (χ1v) is 8.83. The zero-order valence-corrected chi connectivity index (χ0v) is 14.9. The first-order valence-electron chi connectivity index (χ1n) is 8.83. The van der Waals surface area contributed by atoms with Gasteiger partial charge in [0.05, 0.1) is 11.4 Å². The number of anilines is 2. The fourth-order valence-electron chi connectivity index (χ4n) is 3.22. The maximum Gasteiger partial charge on any atom is 0.258 e. The highest BCUT2D eigenvalue weighted by Gasteiger charge is 2.25. The van der Waals surface area contributed by atoms with Crippen LogP contribution in [0.2, 0.25) is 0 Å². The number of nitrogens with zero attached hydrogens (tertiary/aromatic N) is 2. The first-order chi connectivity index (χ1) is 13.5. The van der Waals surface area contributed by atoms with Crippen molar-refractivity contribution in [3.05, 3.63) is 84.0 Å².